The van der Waals surface area contributed by atoms with Crippen LogP contribution in [0.25, 0.3) is 0 Å². The molecule has 1 aliphatic heterocycles. The number of amides is 1. The van der Waals surface area contributed by atoms with E-state index in [1.165, 1.54) is 39.5 Å². The van der Waals surface area contributed by atoms with Crippen molar-refractivity contribution in [1.82, 2.24) is 20.3 Å². The van der Waals surface area contributed by atoms with Gasteiger partial charge in [-0.05, 0) is 36.9 Å². The minimum Gasteiger partial charge on any atom is -0.495 e. The van der Waals surface area contributed by atoms with Crippen LogP contribution in [0.15, 0.2) is 42.6 Å². The number of hydroxylamine groups is 1. The molecule has 4 rings (SSSR count). The van der Waals surface area contributed by atoms with Gasteiger partial charge in [0.2, 0.25) is 11.8 Å². The van der Waals surface area contributed by atoms with Crippen molar-refractivity contribution in [2.24, 2.45) is 0 Å². The molecule has 0 aliphatic carbocycles. The number of fused-ring (bicyclic) bond motifs is 1. The number of carbonyl (C=O) groups excluding carboxylic acids is 1. The molecule has 1 unspecified atom stereocenters. The van der Waals surface area contributed by atoms with Gasteiger partial charge in [-0.25, -0.2) is 10.5 Å². The van der Waals surface area contributed by atoms with E-state index >= 15 is 0 Å². The fraction of sp³-hybridized carbons (Fsp3) is 0.292. The lowest BCUT2D eigenvalue weighted by molar-refractivity contribution is -0.139. The molecular weight excluding hydrogens is 495 g/mol. The quantitative estimate of drug-likeness (QED) is 0.418. The van der Waals surface area contributed by atoms with E-state index in [4.69, 9.17) is 14.2 Å². The predicted octanol–water partition coefficient (Wildman–Crippen LogP) is 4.42. The molecule has 0 spiro atoms. The predicted molar refractivity (Wildman–Crippen MR) is 126 cm³/mol. The van der Waals surface area contributed by atoms with Gasteiger partial charge in [-0.1, -0.05) is 12.1 Å². The SMILES string of the molecule is CONC(=O)c1ccc(Nc2ncc(C(F)(F)F)c(Oc3cccc4c3C(OC)N(C)C4)n2)c(OC)c1. The Morgan fingerprint density at radius 3 is 2.59 bits per heavy atom. The summed E-state index contributed by atoms with van der Waals surface area (Å²) in [5.41, 5.74) is 3.08. The number of nitrogens with zero attached hydrogens (tertiary/aromatic N) is 3. The Morgan fingerprint density at radius 1 is 1.14 bits per heavy atom. The van der Waals surface area contributed by atoms with Gasteiger partial charge in [0, 0.05) is 31.0 Å². The van der Waals surface area contributed by atoms with E-state index in [0.29, 0.717) is 24.0 Å². The van der Waals surface area contributed by atoms with Gasteiger partial charge in [-0.2, -0.15) is 18.2 Å². The first-order valence-corrected chi connectivity index (χ1v) is 10.9. The third-order valence-corrected chi connectivity index (χ3v) is 5.62. The fourth-order valence-corrected chi connectivity index (χ4v) is 3.98. The lowest BCUT2D eigenvalue weighted by Crippen LogP contribution is -2.21. The first-order valence-electron chi connectivity index (χ1n) is 10.9. The van der Waals surface area contributed by atoms with Crippen molar-refractivity contribution in [2.45, 2.75) is 18.9 Å². The summed E-state index contributed by atoms with van der Waals surface area (Å²) < 4.78 is 58.0. The number of hydrogen-bond donors (Lipinski definition) is 2. The summed E-state index contributed by atoms with van der Waals surface area (Å²) in [6.07, 6.45) is -4.61. The van der Waals surface area contributed by atoms with E-state index in [1.807, 2.05) is 18.0 Å². The van der Waals surface area contributed by atoms with Crippen molar-refractivity contribution in [3.8, 4) is 17.4 Å². The highest BCUT2D eigenvalue weighted by Gasteiger charge is 2.38. The number of aromatic nitrogens is 2. The molecule has 0 saturated carbocycles. The molecule has 0 saturated heterocycles. The van der Waals surface area contributed by atoms with Crippen LogP contribution >= 0.6 is 0 Å². The van der Waals surface area contributed by atoms with Crippen molar-refractivity contribution in [3.63, 3.8) is 0 Å². The number of methoxy groups -OCH3 is 2. The zero-order valence-corrected chi connectivity index (χ0v) is 20.3. The number of rotatable bonds is 8. The van der Waals surface area contributed by atoms with E-state index in [9.17, 15) is 18.0 Å². The van der Waals surface area contributed by atoms with Gasteiger partial charge in [-0.15, -0.1) is 0 Å². The molecule has 37 heavy (non-hydrogen) atoms. The summed E-state index contributed by atoms with van der Waals surface area (Å²) in [4.78, 5) is 26.3. The molecular formula is C24H24F3N5O5. The summed E-state index contributed by atoms with van der Waals surface area (Å²) in [6, 6.07) is 9.50. The molecule has 3 aromatic rings. The summed E-state index contributed by atoms with van der Waals surface area (Å²) in [5, 5.41) is 2.82. The number of ether oxygens (including phenoxy) is 3. The largest absolute Gasteiger partial charge is 0.495 e. The van der Waals surface area contributed by atoms with Gasteiger partial charge in [0.25, 0.3) is 5.91 Å². The van der Waals surface area contributed by atoms with Crippen molar-refractivity contribution in [1.29, 1.82) is 0 Å². The number of alkyl halides is 3. The van der Waals surface area contributed by atoms with Crippen LogP contribution in [-0.4, -0.2) is 49.2 Å². The Morgan fingerprint density at radius 2 is 1.92 bits per heavy atom. The molecule has 0 radical (unpaired) electrons. The number of halogens is 3. The molecule has 196 valence electrons. The van der Waals surface area contributed by atoms with Crippen LogP contribution in [0.1, 0.15) is 33.3 Å². The van der Waals surface area contributed by atoms with E-state index in [0.717, 1.165) is 5.56 Å². The second kappa shape index (κ2) is 10.6. The minimum absolute atomic E-state index is 0.177. The zero-order chi connectivity index (χ0) is 26.7. The second-order valence-corrected chi connectivity index (χ2v) is 8.02. The summed E-state index contributed by atoms with van der Waals surface area (Å²) in [7, 11) is 6.02. The molecule has 1 aliphatic rings. The van der Waals surface area contributed by atoms with E-state index in [2.05, 4.69) is 25.6 Å². The lowest BCUT2D eigenvalue weighted by Gasteiger charge is -2.21. The minimum atomic E-state index is -4.77. The van der Waals surface area contributed by atoms with Crippen LogP contribution in [0.2, 0.25) is 0 Å². The number of nitrogens with one attached hydrogen (secondary N) is 2. The Bertz CT molecular complexity index is 1300. The maximum absolute atomic E-state index is 13.8. The smallest absolute Gasteiger partial charge is 0.423 e. The standard InChI is InChI=1S/C24H24F3N5O5/c1-32-12-14-6-5-7-17(19(14)22(32)35-3)37-21-15(24(25,26)27)11-28-23(30-21)29-16-9-8-13(10-18(16)34-2)20(33)31-36-4/h5-11,22H,12H2,1-4H3,(H,31,33)(H,28,29,30). The number of anilines is 2. The summed E-state index contributed by atoms with van der Waals surface area (Å²) in [6.45, 7) is 0.548. The van der Waals surface area contributed by atoms with Gasteiger partial charge in [-0.3, -0.25) is 14.5 Å². The molecule has 0 fully saturated rings. The Labute approximate surface area is 210 Å². The topological polar surface area (TPSA) is 107 Å². The first kappa shape index (κ1) is 26.1. The van der Waals surface area contributed by atoms with Crippen LogP contribution < -0.4 is 20.3 Å². The van der Waals surface area contributed by atoms with Crippen LogP contribution in [0.5, 0.6) is 17.4 Å². The maximum Gasteiger partial charge on any atom is 0.423 e. The van der Waals surface area contributed by atoms with Crippen LogP contribution in [0.4, 0.5) is 24.8 Å². The van der Waals surface area contributed by atoms with E-state index < -0.39 is 29.8 Å². The van der Waals surface area contributed by atoms with Gasteiger partial charge in [0.05, 0.1) is 19.9 Å². The van der Waals surface area contributed by atoms with Crippen LogP contribution in [0, 0.1) is 0 Å². The van der Waals surface area contributed by atoms with Crippen molar-refractivity contribution in [2.75, 3.05) is 33.7 Å². The molecule has 10 nitrogen and oxygen atoms in total. The molecule has 2 N–H and O–H groups in total. The maximum atomic E-state index is 13.8. The van der Waals surface area contributed by atoms with Crippen LogP contribution in [-0.2, 0) is 22.3 Å². The van der Waals surface area contributed by atoms with Gasteiger partial charge in [0.1, 0.15) is 23.3 Å². The first-order chi connectivity index (χ1) is 17.7. The molecule has 13 heteroatoms. The van der Waals surface area contributed by atoms with Crippen molar-refractivity contribution >= 4 is 17.5 Å². The van der Waals surface area contributed by atoms with E-state index in [-0.39, 0.29) is 23.0 Å². The highest BCUT2D eigenvalue weighted by Crippen LogP contribution is 2.43. The molecule has 1 atom stereocenters. The Hall–Kier alpha value is -3.94. The zero-order valence-electron chi connectivity index (χ0n) is 20.3. The molecule has 1 amide bonds. The third-order valence-electron chi connectivity index (χ3n) is 5.62. The fourth-order valence-electron chi connectivity index (χ4n) is 3.98. The highest BCUT2D eigenvalue weighted by molar-refractivity contribution is 5.94. The van der Waals surface area contributed by atoms with Crippen LogP contribution in [0.3, 0.4) is 0 Å². The molecule has 2 aromatic carbocycles. The number of carbonyl (C=O) groups is 1. The van der Waals surface area contributed by atoms with Gasteiger partial charge in [0.15, 0.2) is 0 Å². The molecule has 2 heterocycles. The summed E-state index contributed by atoms with van der Waals surface area (Å²) >= 11 is 0. The monoisotopic (exact) mass is 519 g/mol. The van der Waals surface area contributed by atoms with Gasteiger partial charge < -0.3 is 19.5 Å². The molecule has 1 aromatic heterocycles. The lowest BCUT2D eigenvalue weighted by atomic mass is 10.1. The van der Waals surface area contributed by atoms with Crippen molar-refractivity contribution < 1.29 is 37.0 Å². The third kappa shape index (κ3) is 5.43. The van der Waals surface area contributed by atoms with Gasteiger partial charge >= 0.3 is 6.18 Å². The number of benzene rings is 2. The molecule has 0 bridgehead atoms. The summed E-state index contributed by atoms with van der Waals surface area (Å²) in [5.74, 6) is -0.957. The number of hydrogen-bond acceptors (Lipinski definition) is 9. The average molecular weight is 519 g/mol. The average Bonchev–Trinajstić information content (AvgIpc) is 3.19. The normalized spacial score (nSPS) is 15.3. The Kier molecular flexibility index (Phi) is 7.47. The van der Waals surface area contributed by atoms with Crippen molar-refractivity contribution in [3.05, 3.63) is 64.8 Å². The Balaban J connectivity index is 1.70. The second-order valence-electron chi connectivity index (χ2n) is 8.02. The highest BCUT2D eigenvalue weighted by atomic mass is 19.4. The van der Waals surface area contributed by atoms with E-state index in [1.54, 1.807) is 12.1 Å².